The van der Waals surface area contributed by atoms with E-state index in [-0.39, 0.29) is 6.61 Å². The Morgan fingerprint density at radius 3 is 2.57 bits per heavy atom. The Balaban J connectivity index is 1.82. The molecule has 0 amide bonds. The van der Waals surface area contributed by atoms with Gasteiger partial charge in [-0.15, -0.1) is 0 Å². The summed E-state index contributed by atoms with van der Waals surface area (Å²) in [6.07, 6.45) is 0. The fraction of sp³-hybridized carbons (Fsp3) is 0.0625. The molecule has 0 saturated heterocycles. The molecule has 2 aromatic carbocycles. The summed E-state index contributed by atoms with van der Waals surface area (Å²) < 4.78 is 6.80. The van der Waals surface area contributed by atoms with E-state index < -0.39 is 0 Å². The van der Waals surface area contributed by atoms with Gasteiger partial charge in [-0.25, -0.2) is 4.98 Å². The number of pyridine rings is 1. The smallest absolute Gasteiger partial charge is 0.132 e. The van der Waals surface area contributed by atoms with Crippen LogP contribution in [0.3, 0.4) is 0 Å². The van der Waals surface area contributed by atoms with E-state index in [0.717, 1.165) is 21.0 Å². The first-order chi connectivity index (χ1) is 10.1. The maximum atomic E-state index is 6.07. The van der Waals surface area contributed by atoms with Gasteiger partial charge in [0.2, 0.25) is 0 Å². The predicted octanol–water partition coefficient (Wildman–Crippen LogP) is 5.88. The number of hydrogen-bond donors (Lipinski definition) is 0. The van der Waals surface area contributed by atoms with Crippen LogP contribution in [0.15, 0.2) is 53.0 Å². The normalized spacial score (nSPS) is 10.8. The van der Waals surface area contributed by atoms with E-state index in [0.29, 0.717) is 15.9 Å². The minimum absolute atomic E-state index is 0.279. The Morgan fingerprint density at radius 1 is 0.952 bits per heavy atom. The summed E-state index contributed by atoms with van der Waals surface area (Å²) in [5.74, 6) is 0.766. The lowest BCUT2D eigenvalue weighted by Gasteiger charge is -2.08. The van der Waals surface area contributed by atoms with Crippen molar-refractivity contribution in [3.8, 4) is 5.75 Å². The Bertz CT molecular complexity index is 807. The first kappa shape index (κ1) is 14.6. The average Bonchev–Trinajstić information content (AvgIpc) is 2.48. The van der Waals surface area contributed by atoms with Gasteiger partial charge in [0.1, 0.15) is 17.5 Å². The standard InChI is InChI=1S/C16H10BrCl2NO/c17-12-3-1-11-8-13(4-2-10(11)7-12)21-9-15-14(18)5-6-16(19)20-15/h1-8H,9H2. The SMILES string of the molecule is Clc1ccc(Cl)c(COc2ccc3cc(Br)ccc3c2)n1. The molecule has 0 atom stereocenters. The minimum Gasteiger partial charge on any atom is -0.487 e. The Hall–Kier alpha value is -1.29. The maximum Gasteiger partial charge on any atom is 0.132 e. The molecule has 0 bridgehead atoms. The van der Waals surface area contributed by atoms with Crippen LogP contribution >= 0.6 is 39.1 Å². The molecular formula is C16H10BrCl2NO. The number of hydrogen-bond acceptors (Lipinski definition) is 2. The van der Waals surface area contributed by atoms with Gasteiger partial charge in [0.25, 0.3) is 0 Å². The van der Waals surface area contributed by atoms with Gasteiger partial charge in [-0.05, 0) is 47.2 Å². The van der Waals surface area contributed by atoms with Crippen LogP contribution in [-0.4, -0.2) is 4.98 Å². The van der Waals surface area contributed by atoms with Crippen LogP contribution in [0.1, 0.15) is 5.69 Å². The molecule has 106 valence electrons. The van der Waals surface area contributed by atoms with Crippen molar-refractivity contribution in [1.82, 2.24) is 4.98 Å². The van der Waals surface area contributed by atoms with Crippen molar-refractivity contribution < 1.29 is 4.74 Å². The number of aromatic nitrogens is 1. The van der Waals surface area contributed by atoms with Crippen LogP contribution in [0.25, 0.3) is 10.8 Å². The van der Waals surface area contributed by atoms with Crippen molar-refractivity contribution in [2.24, 2.45) is 0 Å². The molecule has 0 N–H and O–H groups in total. The van der Waals surface area contributed by atoms with Crippen molar-refractivity contribution >= 4 is 49.9 Å². The van der Waals surface area contributed by atoms with Crippen LogP contribution in [0.2, 0.25) is 10.2 Å². The van der Waals surface area contributed by atoms with Crippen molar-refractivity contribution in [2.45, 2.75) is 6.61 Å². The van der Waals surface area contributed by atoms with Crippen LogP contribution in [0.4, 0.5) is 0 Å². The fourth-order valence-corrected chi connectivity index (χ4v) is 2.70. The second-order valence-electron chi connectivity index (χ2n) is 4.50. The molecule has 0 aliphatic carbocycles. The van der Waals surface area contributed by atoms with E-state index in [4.69, 9.17) is 27.9 Å². The second-order valence-corrected chi connectivity index (χ2v) is 6.21. The molecule has 1 aromatic heterocycles. The lowest BCUT2D eigenvalue weighted by molar-refractivity contribution is 0.302. The maximum absolute atomic E-state index is 6.07. The highest BCUT2D eigenvalue weighted by Crippen LogP contribution is 2.25. The van der Waals surface area contributed by atoms with Gasteiger partial charge in [-0.2, -0.15) is 0 Å². The molecular weight excluding hydrogens is 373 g/mol. The van der Waals surface area contributed by atoms with Crippen molar-refractivity contribution in [3.63, 3.8) is 0 Å². The van der Waals surface area contributed by atoms with E-state index in [1.165, 1.54) is 0 Å². The van der Waals surface area contributed by atoms with Gasteiger partial charge in [-0.3, -0.25) is 0 Å². The Morgan fingerprint density at radius 2 is 1.71 bits per heavy atom. The summed E-state index contributed by atoms with van der Waals surface area (Å²) in [5.41, 5.74) is 0.625. The number of benzene rings is 2. The van der Waals surface area contributed by atoms with Gasteiger partial charge >= 0.3 is 0 Å². The molecule has 2 nitrogen and oxygen atoms in total. The van der Waals surface area contributed by atoms with Crippen LogP contribution < -0.4 is 4.74 Å². The van der Waals surface area contributed by atoms with Crippen LogP contribution in [0.5, 0.6) is 5.75 Å². The third-order valence-electron chi connectivity index (χ3n) is 3.03. The monoisotopic (exact) mass is 381 g/mol. The molecule has 0 aliphatic rings. The summed E-state index contributed by atoms with van der Waals surface area (Å²) >= 11 is 15.4. The first-order valence-corrected chi connectivity index (χ1v) is 7.80. The van der Waals surface area contributed by atoms with Crippen molar-refractivity contribution in [1.29, 1.82) is 0 Å². The highest BCUT2D eigenvalue weighted by atomic mass is 79.9. The summed E-state index contributed by atoms with van der Waals surface area (Å²) in [5, 5.41) is 3.21. The molecule has 0 unspecified atom stereocenters. The number of rotatable bonds is 3. The van der Waals surface area contributed by atoms with E-state index in [1.54, 1.807) is 12.1 Å². The predicted molar refractivity (Wildman–Crippen MR) is 90.2 cm³/mol. The Kier molecular flexibility index (Phi) is 4.34. The zero-order valence-electron chi connectivity index (χ0n) is 10.8. The average molecular weight is 383 g/mol. The first-order valence-electron chi connectivity index (χ1n) is 6.25. The van der Waals surface area contributed by atoms with Gasteiger partial charge in [-0.1, -0.05) is 51.3 Å². The highest BCUT2D eigenvalue weighted by molar-refractivity contribution is 9.10. The lowest BCUT2D eigenvalue weighted by Crippen LogP contribution is -1.99. The minimum atomic E-state index is 0.279. The molecule has 0 aliphatic heterocycles. The third kappa shape index (κ3) is 3.49. The van der Waals surface area contributed by atoms with Gasteiger partial charge in [0.05, 0.1) is 10.7 Å². The number of ether oxygens (including phenoxy) is 1. The molecule has 3 aromatic rings. The third-order valence-corrected chi connectivity index (χ3v) is 4.08. The molecule has 0 saturated carbocycles. The lowest BCUT2D eigenvalue weighted by atomic mass is 10.1. The van der Waals surface area contributed by atoms with E-state index in [2.05, 4.69) is 27.0 Å². The van der Waals surface area contributed by atoms with Crippen molar-refractivity contribution in [3.05, 3.63) is 68.9 Å². The fourth-order valence-electron chi connectivity index (χ4n) is 2.00. The topological polar surface area (TPSA) is 22.1 Å². The molecule has 21 heavy (non-hydrogen) atoms. The molecule has 5 heteroatoms. The summed E-state index contributed by atoms with van der Waals surface area (Å²) in [4.78, 5) is 4.16. The van der Waals surface area contributed by atoms with Gasteiger partial charge in [0, 0.05) is 4.47 Å². The zero-order valence-corrected chi connectivity index (χ0v) is 13.9. The molecule has 1 heterocycles. The quantitative estimate of drug-likeness (QED) is 0.527. The number of fused-ring (bicyclic) bond motifs is 1. The molecule has 0 radical (unpaired) electrons. The summed E-state index contributed by atoms with van der Waals surface area (Å²) in [7, 11) is 0. The molecule has 0 fully saturated rings. The number of halogens is 3. The second kappa shape index (κ2) is 6.22. The van der Waals surface area contributed by atoms with Gasteiger partial charge in [0.15, 0.2) is 0 Å². The van der Waals surface area contributed by atoms with E-state index >= 15 is 0 Å². The van der Waals surface area contributed by atoms with E-state index in [9.17, 15) is 0 Å². The van der Waals surface area contributed by atoms with Gasteiger partial charge < -0.3 is 4.74 Å². The summed E-state index contributed by atoms with van der Waals surface area (Å²) in [6.45, 7) is 0.279. The van der Waals surface area contributed by atoms with Crippen LogP contribution in [0, 0.1) is 0 Å². The van der Waals surface area contributed by atoms with Crippen LogP contribution in [-0.2, 0) is 6.61 Å². The zero-order chi connectivity index (χ0) is 14.8. The highest BCUT2D eigenvalue weighted by Gasteiger charge is 2.05. The largest absolute Gasteiger partial charge is 0.487 e. The molecule has 0 spiro atoms. The Labute approximate surface area is 140 Å². The van der Waals surface area contributed by atoms with E-state index in [1.807, 2.05) is 30.3 Å². The molecule has 3 rings (SSSR count). The van der Waals surface area contributed by atoms with Crippen molar-refractivity contribution in [2.75, 3.05) is 0 Å². The summed E-state index contributed by atoms with van der Waals surface area (Å²) in [6, 6.07) is 15.4. The number of nitrogens with zero attached hydrogens (tertiary/aromatic N) is 1.